The van der Waals surface area contributed by atoms with Crippen molar-refractivity contribution in [1.29, 1.82) is 0 Å². The lowest BCUT2D eigenvalue weighted by Crippen LogP contribution is -2.39. The minimum Gasteiger partial charge on any atom is -0.396 e. The van der Waals surface area contributed by atoms with Gasteiger partial charge in [0, 0.05) is 11.3 Å². The normalized spacial score (nSPS) is 17.1. The van der Waals surface area contributed by atoms with Gasteiger partial charge in [-0.25, -0.2) is 8.78 Å². The van der Waals surface area contributed by atoms with Crippen LogP contribution in [-0.4, -0.2) is 23.5 Å². The van der Waals surface area contributed by atoms with Crippen molar-refractivity contribution in [2.24, 2.45) is 0 Å². The topological polar surface area (TPSA) is 55.1 Å². The Hall–Kier alpha value is -1.30. The summed E-state index contributed by atoms with van der Waals surface area (Å²) in [6.07, 6.45) is 6.27. The van der Waals surface area contributed by atoms with E-state index in [-0.39, 0.29) is 10.4 Å². The number of carbonyl (C=O) groups is 1. The molecule has 1 aliphatic carbocycles. The van der Waals surface area contributed by atoms with Crippen molar-refractivity contribution in [3.05, 3.63) is 29.3 Å². The second kappa shape index (κ2) is 5.99. The van der Waals surface area contributed by atoms with Gasteiger partial charge < -0.3 is 11.1 Å². The molecule has 3 nitrogen and oxygen atoms in total. The smallest absolute Gasteiger partial charge is 0.257 e. The minimum atomic E-state index is -0.993. The fourth-order valence-corrected chi connectivity index (χ4v) is 3.49. The standard InChI is InChI=1S/C14H18F2N2OS/c1-20-14(6-2-3-7-14)8-18-13(19)11-9(15)4-5-10(17)12(11)16/h4-5H,2-3,6-8,17H2,1H3,(H,18,19). The molecule has 0 saturated heterocycles. The van der Waals surface area contributed by atoms with Crippen molar-refractivity contribution in [1.82, 2.24) is 5.32 Å². The number of nitrogen functional groups attached to an aromatic ring is 1. The first kappa shape index (κ1) is 15.1. The van der Waals surface area contributed by atoms with Crippen molar-refractivity contribution < 1.29 is 13.6 Å². The van der Waals surface area contributed by atoms with Crippen LogP contribution in [0.4, 0.5) is 14.5 Å². The molecule has 0 aliphatic heterocycles. The molecular formula is C14H18F2N2OS. The fourth-order valence-electron chi connectivity index (χ4n) is 2.58. The summed E-state index contributed by atoms with van der Waals surface area (Å²) in [5.74, 6) is -2.63. The Morgan fingerprint density at radius 3 is 2.65 bits per heavy atom. The molecule has 110 valence electrons. The van der Waals surface area contributed by atoms with Gasteiger partial charge in [-0.15, -0.1) is 0 Å². The molecule has 1 fully saturated rings. The first-order chi connectivity index (χ1) is 9.49. The van der Waals surface area contributed by atoms with Gasteiger partial charge in [-0.2, -0.15) is 11.8 Å². The van der Waals surface area contributed by atoms with Gasteiger partial charge in [0.1, 0.15) is 11.4 Å². The highest BCUT2D eigenvalue weighted by Crippen LogP contribution is 2.39. The number of rotatable bonds is 4. The van der Waals surface area contributed by atoms with E-state index in [1.54, 1.807) is 11.8 Å². The molecule has 0 spiro atoms. The predicted molar refractivity (Wildman–Crippen MR) is 77.8 cm³/mol. The van der Waals surface area contributed by atoms with Gasteiger partial charge in [-0.3, -0.25) is 4.79 Å². The van der Waals surface area contributed by atoms with Crippen LogP contribution in [0.5, 0.6) is 0 Å². The number of nitrogens with one attached hydrogen (secondary N) is 1. The quantitative estimate of drug-likeness (QED) is 0.841. The van der Waals surface area contributed by atoms with Gasteiger partial charge in [0.2, 0.25) is 0 Å². The summed E-state index contributed by atoms with van der Waals surface area (Å²) in [7, 11) is 0. The van der Waals surface area contributed by atoms with Crippen LogP contribution in [0.3, 0.4) is 0 Å². The van der Waals surface area contributed by atoms with E-state index in [0.717, 1.165) is 37.8 Å². The molecule has 0 heterocycles. The van der Waals surface area contributed by atoms with Crippen molar-refractivity contribution in [3.63, 3.8) is 0 Å². The average molecular weight is 300 g/mol. The number of nitrogens with two attached hydrogens (primary N) is 1. The van der Waals surface area contributed by atoms with E-state index in [1.807, 2.05) is 6.26 Å². The molecule has 2 rings (SSSR count). The lowest BCUT2D eigenvalue weighted by molar-refractivity contribution is 0.0941. The minimum absolute atomic E-state index is 0.0110. The zero-order chi connectivity index (χ0) is 14.8. The summed E-state index contributed by atoms with van der Waals surface area (Å²) in [6, 6.07) is 2.12. The maximum Gasteiger partial charge on any atom is 0.257 e. The lowest BCUT2D eigenvalue weighted by Gasteiger charge is -2.27. The van der Waals surface area contributed by atoms with Crippen LogP contribution in [-0.2, 0) is 0 Å². The van der Waals surface area contributed by atoms with E-state index in [9.17, 15) is 13.6 Å². The van der Waals surface area contributed by atoms with Gasteiger partial charge in [0.05, 0.1) is 5.69 Å². The molecule has 6 heteroatoms. The molecule has 3 N–H and O–H groups in total. The van der Waals surface area contributed by atoms with Gasteiger partial charge in [0.15, 0.2) is 5.82 Å². The molecule has 0 radical (unpaired) electrons. The third-order valence-corrected chi connectivity index (χ3v) is 5.29. The molecule has 1 aromatic carbocycles. The summed E-state index contributed by atoms with van der Waals surface area (Å²) in [5, 5.41) is 2.65. The molecule has 0 atom stereocenters. The maximum atomic E-state index is 13.8. The molecule has 1 aromatic rings. The maximum absolute atomic E-state index is 13.8. The first-order valence-corrected chi connectivity index (χ1v) is 7.78. The summed E-state index contributed by atoms with van der Waals surface area (Å²) < 4.78 is 27.3. The molecular weight excluding hydrogens is 282 g/mol. The number of hydrogen-bond donors (Lipinski definition) is 2. The zero-order valence-electron chi connectivity index (χ0n) is 11.3. The molecule has 0 unspecified atom stereocenters. The zero-order valence-corrected chi connectivity index (χ0v) is 12.2. The van der Waals surface area contributed by atoms with Gasteiger partial charge in [0.25, 0.3) is 5.91 Å². The van der Waals surface area contributed by atoms with E-state index in [1.165, 1.54) is 0 Å². The van der Waals surface area contributed by atoms with E-state index in [2.05, 4.69) is 5.32 Å². The van der Waals surface area contributed by atoms with E-state index in [4.69, 9.17) is 5.73 Å². The third kappa shape index (κ3) is 2.90. The Kier molecular flexibility index (Phi) is 4.52. The Bertz CT molecular complexity index is 516. The van der Waals surface area contributed by atoms with E-state index < -0.39 is 23.1 Å². The summed E-state index contributed by atoms with van der Waals surface area (Å²) in [6.45, 7) is 0.417. The highest BCUT2D eigenvalue weighted by Gasteiger charge is 2.33. The number of carbonyl (C=O) groups excluding carboxylic acids is 1. The van der Waals surface area contributed by atoms with Crippen LogP contribution in [0.25, 0.3) is 0 Å². The summed E-state index contributed by atoms with van der Waals surface area (Å²) in [4.78, 5) is 12.0. The molecule has 0 aromatic heterocycles. The number of benzene rings is 1. The molecule has 1 aliphatic rings. The Balaban J connectivity index is 2.11. The number of anilines is 1. The molecule has 1 amide bonds. The Morgan fingerprint density at radius 2 is 2.05 bits per heavy atom. The molecule has 20 heavy (non-hydrogen) atoms. The van der Waals surface area contributed by atoms with Crippen LogP contribution >= 0.6 is 11.8 Å². The Morgan fingerprint density at radius 1 is 1.40 bits per heavy atom. The monoisotopic (exact) mass is 300 g/mol. The fraction of sp³-hybridized carbons (Fsp3) is 0.500. The van der Waals surface area contributed by atoms with Crippen molar-refractivity contribution in [2.45, 2.75) is 30.4 Å². The largest absolute Gasteiger partial charge is 0.396 e. The number of hydrogen-bond acceptors (Lipinski definition) is 3. The average Bonchev–Trinajstić information content (AvgIpc) is 2.91. The highest BCUT2D eigenvalue weighted by atomic mass is 32.2. The first-order valence-electron chi connectivity index (χ1n) is 6.56. The summed E-state index contributed by atoms with van der Waals surface area (Å²) >= 11 is 1.70. The second-order valence-electron chi connectivity index (χ2n) is 5.10. The van der Waals surface area contributed by atoms with Crippen LogP contribution in [0.15, 0.2) is 12.1 Å². The molecule has 0 bridgehead atoms. The number of amides is 1. The van der Waals surface area contributed by atoms with Gasteiger partial charge in [-0.1, -0.05) is 12.8 Å². The van der Waals surface area contributed by atoms with Gasteiger partial charge in [-0.05, 0) is 31.2 Å². The number of thioether (sulfide) groups is 1. The van der Waals surface area contributed by atoms with Crippen LogP contribution in [0, 0.1) is 11.6 Å². The lowest BCUT2D eigenvalue weighted by atomic mass is 10.1. The second-order valence-corrected chi connectivity index (χ2v) is 6.38. The molecule has 1 saturated carbocycles. The Labute approximate surface area is 121 Å². The summed E-state index contributed by atoms with van der Waals surface area (Å²) in [5.41, 5.74) is 4.55. The number of halogens is 2. The SMILES string of the molecule is CSC1(CNC(=O)c2c(F)ccc(N)c2F)CCCC1. The van der Waals surface area contributed by atoms with Crippen LogP contribution in [0.1, 0.15) is 36.0 Å². The van der Waals surface area contributed by atoms with Crippen LogP contribution < -0.4 is 11.1 Å². The third-order valence-electron chi connectivity index (χ3n) is 3.87. The van der Waals surface area contributed by atoms with E-state index in [0.29, 0.717) is 6.54 Å². The van der Waals surface area contributed by atoms with Crippen molar-refractivity contribution >= 4 is 23.4 Å². The van der Waals surface area contributed by atoms with Crippen LogP contribution in [0.2, 0.25) is 0 Å². The predicted octanol–water partition coefficient (Wildman–Crippen LogP) is 2.95. The highest BCUT2D eigenvalue weighted by molar-refractivity contribution is 8.00. The van der Waals surface area contributed by atoms with E-state index >= 15 is 0 Å². The van der Waals surface area contributed by atoms with Crippen molar-refractivity contribution in [2.75, 3.05) is 18.5 Å². The van der Waals surface area contributed by atoms with Crippen molar-refractivity contribution in [3.8, 4) is 0 Å². The van der Waals surface area contributed by atoms with Gasteiger partial charge >= 0.3 is 0 Å².